The lowest BCUT2D eigenvalue weighted by atomic mass is 10.0. The molecule has 1 aliphatic heterocycles. The molecule has 0 aliphatic carbocycles. The van der Waals surface area contributed by atoms with E-state index in [1.54, 1.807) is 19.3 Å². The highest BCUT2D eigenvalue weighted by Gasteiger charge is 2.34. The van der Waals surface area contributed by atoms with Crippen LogP contribution in [0, 0.1) is 0 Å². The van der Waals surface area contributed by atoms with E-state index in [1.807, 2.05) is 54.7 Å². The normalized spacial score (nSPS) is 19.6. The molecule has 0 bridgehead atoms. The van der Waals surface area contributed by atoms with E-state index in [2.05, 4.69) is 25.9 Å². The second kappa shape index (κ2) is 17.6. The number of likely N-dealkylation sites (N-methyl/N-ethyl adjacent to an activating group) is 1. The smallest absolute Gasteiger partial charge is 0.245 e. The van der Waals surface area contributed by atoms with Gasteiger partial charge in [0, 0.05) is 59.6 Å². The highest BCUT2D eigenvalue weighted by molar-refractivity contribution is 7.99. The molecule has 2 aromatic heterocycles. The van der Waals surface area contributed by atoms with Crippen molar-refractivity contribution in [3.05, 3.63) is 88.8 Å². The van der Waals surface area contributed by atoms with Gasteiger partial charge in [0.15, 0.2) is 0 Å². The van der Waals surface area contributed by atoms with Gasteiger partial charge < -0.3 is 37.3 Å². The molecule has 4 aromatic rings. The molecular weight excluding hydrogens is 660 g/mol. The quantitative estimate of drug-likeness (QED) is 0.113. The van der Waals surface area contributed by atoms with Crippen LogP contribution in [0.2, 0.25) is 5.15 Å². The van der Waals surface area contributed by atoms with Crippen LogP contribution in [0.4, 0.5) is 0 Å². The van der Waals surface area contributed by atoms with Gasteiger partial charge in [-0.2, -0.15) is 0 Å². The number of para-hydroxylation sites is 1. The van der Waals surface area contributed by atoms with E-state index in [-0.39, 0.29) is 30.7 Å². The summed E-state index contributed by atoms with van der Waals surface area (Å²) >= 11 is 7.87. The van der Waals surface area contributed by atoms with Gasteiger partial charge in [0.2, 0.25) is 17.7 Å². The summed E-state index contributed by atoms with van der Waals surface area (Å²) in [6, 6.07) is 15.2. The lowest BCUT2D eigenvalue weighted by molar-refractivity contribution is -0.142. The average molecular weight is 705 g/mol. The summed E-state index contributed by atoms with van der Waals surface area (Å²) in [5.74, 6) is -0.964. The number of unbranched alkanes of at least 4 members (excludes halogenated alkanes) is 1. The number of halogens is 1. The highest BCUT2D eigenvalue weighted by Crippen LogP contribution is 2.33. The SMILES string of the molecule is CN1C(=O)[C@H](CCCCN)NC(=O)[C@H](CCCN)NCc2ccccc2Sc2cnc(Cl)cc2CNC(=O)[C@@H]1Cc1c[nH]c2ccccc12. The predicted octanol–water partition coefficient (Wildman–Crippen LogP) is 3.88. The van der Waals surface area contributed by atoms with E-state index in [0.717, 1.165) is 37.4 Å². The number of pyridine rings is 1. The number of H-pyrrole nitrogens is 1. The first-order chi connectivity index (χ1) is 23.8. The Morgan fingerprint density at radius 3 is 2.47 bits per heavy atom. The van der Waals surface area contributed by atoms with Gasteiger partial charge in [0.25, 0.3) is 0 Å². The average Bonchev–Trinajstić information content (AvgIpc) is 3.52. The molecule has 0 saturated heterocycles. The Hall–Kier alpha value is -3.94. The van der Waals surface area contributed by atoms with Crippen molar-refractivity contribution >= 4 is 52.0 Å². The molecule has 0 spiro atoms. The Labute approximate surface area is 296 Å². The molecule has 0 radical (unpaired) electrons. The fourth-order valence-electron chi connectivity index (χ4n) is 6.07. The van der Waals surface area contributed by atoms with Crippen molar-refractivity contribution in [2.45, 2.75) is 79.5 Å². The number of nitrogens with one attached hydrogen (secondary N) is 4. The van der Waals surface area contributed by atoms with Crippen LogP contribution in [0.15, 0.2) is 76.8 Å². The van der Waals surface area contributed by atoms with Crippen molar-refractivity contribution in [3.8, 4) is 0 Å². The summed E-state index contributed by atoms with van der Waals surface area (Å²) in [6.45, 7) is 1.48. The molecule has 1 aliphatic rings. The van der Waals surface area contributed by atoms with Crippen molar-refractivity contribution in [2.75, 3.05) is 20.1 Å². The summed E-state index contributed by atoms with van der Waals surface area (Å²) in [5.41, 5.74) is 15.3. The van der Waals surface area contributed by atoms with Gasteiger partial charge in [-0.3, -0.25) is 14.4 Å². The van der Waals surface area contributed by atoms with Crippen molar-refractivity contribution < 1.29 is 14.4 Å². The van der Waals surface area contributed by atoms with Crippen molar-refractivity contribution in [3.63, 3.8) is 0 Å². The van der Waals surface area contributed by atoms with Crippen LogP contribution < -0.4 is 27.4 Å². The minimum Gasteiger partial charge on any atom is -0.361 e. The van der Waals surface area contributed by atoms with Gasteiger partial charge in [-0.1, -0.05) is 59.8 Å². The summed E-state index contributed by atoms with van der Waals surface area (Å²) in [6.07, 6.45) is 6.68. The van der Waals surface area contributed by atoms with E-state index in [0.29, 0.717) is 56.9 Å². The van der Waals surface area contributed by atoms with Crippen molar-refractivity contribution in [1.29, 1.82) is 0 Å². The number of nitrogens with zero attached hydrogens (tertiary/aromatic N) is 2. The number of aromatic nitrogens is 2. The zero-order valence-corrected chi connectivity index (χ0v) is 29.3. The van der Waals surface area contributed by atoms with E-state index < -0.39 is 18.1 Å². The summed E-state index contributed by atoms with van der Waals surface area (Å²) in [5, 5.41) is 10.8. The second-order valence-electron chi connectivity index (χ2n) is 12.3. The maximum atomic E-state index is 14.3. The number of fused-ring (bicyclic) bond motifs is 3. The number of aromatic amines is 1. The van der Waals surface area contributed by atoms with Crippen molar-refractivity contribution in [2.24, 2.45) is 11.5 Å². The molecule has 0 saturated carbocycles. The number of amides is 3. The van der Waals surface area contributed by atoms with Gasteiger partial charge in [-0.15, -0.1) is 0 Å². The minimum atomic E-state index is -0.878. The molecule has 13 heteroatoms. The topological polar surface area (TPSA) is 171 Å². The molecule has 49 heavy (non-hydrogen) atoms. The van der Waals surface area contributed by atoms with Crippen LogP contribution in [0.25, 0.3) is 10.9 Å². The third-order valence-electron chi connectivity index (χ3n) is 8.88. The van der Waals surface area contributed by atoms with E-state index in [1.165, 1.54) is 16.7 Å². The maximum absolute atomic E-state index is 14.3. The molecule has 3 amide bonds. The maximum Gasteiger partial charge on any atom is 0.245 e. The number of benzene rings is 2. The molecule has 3 heterocycles. The molecule has 3 atom stereocenters. The lowest BCUT2D eigenvalue weighted by Gasteiger charge is -2.32. The summed E-state index contributed by atoms with van der Waals surface area (Å²) in [7, 11) is 1.63. The Morgan fingerprint density at radius 2 is 1.65 bits per heavy atom. The lowest BCUT2D eigenvalue weighted by Crippen LogP contribution is -2.57. The third kappa shape index (κ3) is 9.40. The van der Waals surface area contributed by atoms with Gasteiger partial charge in [-0.25, -0.2) is 4.98 Å². The Kier molecular flexibility index (Phi) is 13.1. The molecule has 2 aromatic carbocycles. The molecule has 8 N–H and O–H groups in total. The predicted molar refractivity (Wildman–Crippen MR) is 194 cm³/mol. The summed E-state index contributed by atoms with van der Waals surface area (Å²) in [4.78, 5) is 53.3. The zero-order chi connectivity index (χ0) is 34.8. The van der Waals surface area contributed by atoms with Gasteiger partial charge >= 0.3 is 0 Å². The molecule has 11 nitrogen and oxygen atoms in total. The van der Waals surface area contributed by atoms with Crippen LogP contribution in [-0.2, 0) is 33.9 Å². The largest absolute Gasteiger partial charge is 0.361 e. The number of carbonyl (C=O) groups excluding carboxylic acids is 3. The van der Waals surface area contributed by atoms with Crippen LogP contribution in [0.1, 0.15) is 48.8 Å². The van der Waals surface area contributed by atoms with Crippen LogP contribution in [-0.4, -0.2) is 70.9 Å². The molecule has 260 valence electrons. The fraction of sp³-hybridized carbons (Fsp3) is 0.389. The number of hydrogen-bond donors (Lipinski definition) is 6. The first-order valence-corrected chi connectivity index (χ1v) is 17.9. The first kappa shape index (κ1) is 36.3. The van der Waals surface area contributed by atoms with Crippen LogP contribution in [0.5, 0.6) is 0 Å². The zero-order valence-electron chi connectivity index (χ0n) is 27.7. The number of carbonyl (C=O) groups is 3. The number of nitrogens with two attached hydrogens (primary N) is 2. The Morgan fingerprint density at radius 1 is 0.898 bits per heavy atom. The molecule has 0 unspecified atom stereocenters. The molecule has 5 rings (SSSR count). The number of hydrogen-bond acceptors (Lipinski definition) is 8. The molecule has 0 fully saturated rings. The fourth-order valence-corrected chi connectivity index (χ4v) is 7.27. The second-order valence-corrected chi connectivity index (χ2v) is 13.8. The van der Waals surface area contributed by atoms with Crippen molar-refractivity contribution in [1.82, 2.24) is 30.8 Å². The molecular formula is C36H45ClN8O3S. The Balaban J connectivity index is 1.55. The van der Waals surface area contributed by atoms with Crippen LogP contribution >= 0.6 is 23.4 Å². The van der Waals surface area contributed by atoms with Gasteiger partial charge in [0.1, 0.15) is 17.2 Å². The summed E-state index contributed by atoms with van der Waals surface area (Å²) < 4.78 is 0. The minimum absolute atomic E-state index is 0.175. The van der Waals surface area contributed by atoms with Crippen LogP contribution in [0.3, 0.4) is 0 Å². The monoisotopic (exact) mass is 704 g/mol. The number of rotatable bonds is 9. The standard InChI is InChI=1S/C36H45ClN8O3S/c1-45-30(17-24-20-40-27-11-4-3-10-26(24)27)35(47)43-21-25-18-33(37)42-22-32(25)49-31-14-5-2-9-23(31)19-41-28(13-8-16-39)34(46)44-29(36(45)48)12-6-7-15-38/h2-5,9-11,14,18,20,22,28-30,40-41H,6-8,12-13,15-17,19,21,38-39H2,1H3,(H,43,47)(H,44,46)/t28-,29-,30-/m0/s1. The third-order valence-corrected chi connectivity index (χ3v) is 10.3. The van der Waals surface area contributed by atoms with Gasteiger partial charge in [0.05, 0.1) is 6.04 Å². The first-order valence-electron chi connectivity index (χ1n) is 16.7. The van der Waals surface area contributed by atoms with Gasteiger partial charge in [-0.05, 0) is 80.1 Å². The van der Waals surface area contributed by atoms with E-state index in [9.17, 15) is 14.4 Å². The van der Waals surface area contributed by atoms with E-state index >= 15 is 0 Å². The highest BCUT2D eigenvalue weighted by atomic mass is 35.5. The van der Waals surface area contributed by atoms with E-state index in [4.69, 9.17) is 23.1 Å². The Bertz CT molecular complexity index is 1750.